The van der Waals surface area contributed by atoms with Gasteiger partial charge in [0, 0.05) is 50.6 Å². The van der Waals surface area contributed by atoms with Gasteiger partial charge in [-0.3, -0.25) is 0 Å². The second-order valence-electron chi connectivity index (χ2n) is 26.4. The number of hydrogen-bond donors (Lipinski definition) is 0. The molecule has 2 aliphatic carbocycles. The van der Waals surface area contributed by atoms with E-state index < -0.39 is 0 Å². The highest BCUT2D eigenvalue weighted by Crippen LogP contribution is 2.67. The summed E-state index contributed by atoms with van der Waals surface area (Å²) in [5, 5.41) is 0. The van der Waals surface area contributed by atoms with Gasteiger partial charge < -0.3 is 14.7 Å². The Morgan fingerprint density at radius 2 is 0.917 bits per heavy atom. The van der Waals surface area contributed by atoms with E-state index in [-0.39, 0.29) is 44.9 Å². The molecule has 7 aromatic rings. The van der Waals surface area contributed by atoms with E-state index in [0.29, 0.717) is 0 Å². The summed E-state index contributed by atoms with van der Waals surface area (Å²) < 4.78 is 0. The van der Waals surface area contributed by atoms with E-state index in [1.165, 1.54) is 115 Å². The maximum atomic E-state index is 2.98. The SMILES string of the molecule is CC(C)(C)c1ccc(N2c3ccc(C(C)(C)C)cc3B3c4cc(C(C)(C)C)cc5c4N(c4cc(N6c7ccccc7C7(c8ccccc8)CCCCC67C)cc2c43)C2(C)CCCCC52c2ccccc2)cc1. The van der Waals surface area contributed by atoms with Crippen LogP contribution in [-0.2, 0) is 27.1 Å². The molecule has 72 heavy (non-hydrogen) atoms. The van der Waals surface area contributed by atoms with Crippen molar-refractivity contribution in [1.29, 1.82) is 0 Å². The van der Waals surface area contributed by atoms with Gasteiger partial charge in [-0.15, -0.1) is 0 Å². The zero-order chi connectivity index (χ0) is 50.0. The summed E-state index contributed by atoms with van der Waals surface area (Å²) in [5.41, 5.74) is 22.9. The van der Waals surface area contributed by atoms with Crippen molar-refractivity contribution in [2.75, 3.05) is 14.7 Å². The molecule has 4 aliphatic heterocycles. The van der Waals surface area contributed by atoms with Crippen LogP contribution in [0.4, 0.5) is 39.8 Å². The summed E-state index contributed by atoms with van der Waals surface area (Å²) in [4.78, 5) is 8.53. The van der Waals surface area contributed by atoms with Gasteiger partial charge in [0.15, 0.2) is 0 Å². The van der Waals surface area contributed by atoms with Crippen molar-refractivity contribution in [3.63, 3.8) is 0 Å². The highest BCUT2D eigenvalue weighted by atomic mass is 15.3. The van der Waals surface area contributed by atoms with Crippen LogP contribution in [0.1, 0.15) is 166 Å². The summed E-state index contributed by atoms with van der Waals surface area (Å²) >= 11 is 0. The van der Waals surface area contributed by atoms with Crippen molar-refractivity contribution in [3.05, 3.63) is 191 Å². The molecule has 2 saturated carbocycles. The normalized spacial score (nSPS) is 24.8. The highest BCUT2D eigenvalue weighted by molar-refractivity contribution is 7.00. The molecule has 0 spiro atoms. The van der Waals surface area contributed by atoms with Crippen LogP contribution in [0.5, 0.6) is 0 Å². The molecule has 7 aromatic carbocycles. The van der Waals surface area contributed by atoms with Crippen molar-refractivity contribution >= 4 is 62.9 Å². The Bertz CT molecular complexity index is 3320. The van der Waals surface area contributed by atoms with Crippen molar-refractivity contribution in [3.8, 4) is 0 Å². The van der Waals surface area contributed by atoms with Crippen LogP contribution in [-0.4, -0.2) is 17.8 Å². The third-order valence-electron chi connectivity index (χ3n) is 19.5. The van der Waals surface area contributed by atoms with Gasteiger partial charge in [-0.1, -0.05) is 203 Å². The zero-order valence-corrected chi connectivity index (χ0v) is 45.0. The Balaban J connectivity index is 1.18. The van der Waals surface area contributed by atoms with E-state index in [9.17, 15) is 0 Å². The summed E-state index contributed by atoms with van der Waals surface area (Å²) in [6.45, 7) is 26.8. The number of benzene rings is 7. The lowest BCUT2D eigenvalue weighted by Gasteiger charge is -2.55. The molecule has 4 heterocycles. The smallest absolute Gasteiger partial charge is 0.252 e. The molecule has 2 fully saturated rings. The minimum absolute atomic E-state index is 0.0271. The van der Waals surface area contributed by atoms with E-state index in [1.807, 2.05) is 0 Å². The number of nitrogens with zero attached hydrogens (tertiary/aromatic N) is 3. The Labute approximate surface area is 431 Å². The molecule has 0 radical (unpaired) electrons. The first-order valence-corrected chi connectivity index (χ1v) is 27.6. The van der Waals surface area contributed by atoms with Gasteiger partial charge >= 0.3 is 0 Å². The Hall–Kier alpha value is -6.00. The molecule has 6 aliphatic rings. The fraction of sp³-hybridized carbons (Fsp3) is 0.382. The predicted octanol–water partition coefficient (Wildman–Crippen LogP) is 15.7. The van der Waals surface area contributed by atoms with Crippen molar-refractivity contribution in [1.82, 2.24) is 0 Å². The molecule has 0 amide bonds. The van der Waals surface area contributed by atoms with Crippen LogP contribution in [0, 0.1) is 0 Å². The lowest BCUT2D eigenvalue weighted by atomic mass is 9.33. The second kappa shape index (κ2) is 15.3. The molecule has 3 nitrogen and oxygen atoms in total. The van der Waals surface area contributed by atoms with E-state index in [4.69, 9.17) is 0 Å². The van der Waals surface area contributed by atoms with Gasteiger partial charge in [-0.25, -0.2) is 0 Å². The van der Waals surface area contributed by atoms with E-state index in [0.717, 1.165) is 25.7 Å². The molecule has 4 heteroatoms. The first kappa shape index (κ1) is 45.8. The van der Waals surface area contributed by atoms with Crippen molar-refractivity contribution in [2.45, 2.75) is 166 Å². The van der Waals surface area contributed by atoms with E-state index in [2.05, 4.69) is 243 Å². The first-order valence-electron chi connectivity index (χ1n) is 27.6. The molecule has 4 atom stereocenters. The molecular formula is C68H74BN3. The summed E-state index contributed by atoms with van der Waals surface area (Å²) in [6.07, 6.45) is 9.36. The third-order valence-corrected chi connectivity index (χ3v) is 19.5. The number of rotatable bonds is 4. The Morgan fingerprint density at radius 1 is 0.403 bits per heavy atom. The van der Waals surface area contributed by atoms with Crippen LogP contribution in [0.3, 0.4) is 0 Å². The van der Waals surface area contributed by atoms with E-state index >= 15 is 0 Å². The van der Waals surface area contributed by atoms with Gasteiger partial charge in [0.2, 0.25) is 0 Å². The summed E-state index contributed by atoms with van der Waals surface area (Å²) in [5.74, 6) is 0. The molecule has 0 N–H and O–H groups in total. The maximum absolute atomic E-state index is 2.98. The van der Waals surface area contributed by atoms with Crippen LogP contribution in [0.2, 0.25) is 0 Å². The average Bonchev–Trinajstić information content (AvgIpc) is 3.76. The minimum atomic E-state index is -0.226. The monoisotopic (exact) mass is 944 g/mol. The largest absolute Gasteiger partial charge is 0.335 e. The van der Waals surface area contributed by atoms with Crippen LogP contribution in [0.25, 0.3) is 0 Å². The predicted molar refractivity (Wildman–Crippen MR) is 307 cm³/mol. The number of para-hydroxylation sites is 1. The molecule has 0 aromatic heterocycles. The van der Waals surface area contributed by atoms with Crippen LogP contribution < -0.4 is 31.1 Å². The van der Waals surface area contributed by atoms with Crippen molar-refractivity contribution in [2.24, 2.45) is 0 Å². The molecule has 364 valence electrons. The van der Waals surface area contributed by atoms with Crippen molar-refractivity contribution < 1.29 is 0 Å². The average molecular weight is 944 g/mol. The molecule has 0 bridgehead atoms. The van der Waals surface area contributed by atoms with Gasteiger partial charge in [-0.2, -0.15) is 0 Å². The lowest BCUT2D eigenvalue weighted by molar-refractivity contribution is 0.214. The molecule has 13 rings (SSSR count). The standard InChI is InChI=1S/C68H74BN3/c1-62(2,3)45-30-33-50(34-31-45)70-57-35-32-48(63(4,5)6)41-54(57)69-55-42-49(64(7,8)9)40-53-61(55)72(66(11)37-21-23-39-68(53,66)47-26-16-13-17-27-47)59-44-51(43-58(70)60(59)69)71-56-29-19-18-28-52(56)67(46-24-14-12-15-25-46)38-22-20-36-65(67,71)10/h12-19,24-35,40-44H,20-23,36-39H2,1-11H3. The highest BCUT2D eigenvalue weighted by Gasteiger charge is 2.65. The summed E-state index contributed by atoms with van der Waals surface area (Å²) in [6, 6.07) is 60.8. The first-order chi connectivity index (χ1) is 34.3. The van der Waals surface area contributed by atoms with Gasteiger partial charge in [0.1, 0.15) is 0 Å². The van der Waals surface area contributed by atoms with Gasteiger partial charge in [-0.05, 0) is 148 Å². The Morgan fingerprint density at radius 3 is 1.53 bits per heavy atom. The zero-order valence-electron chi connectivity index (χ0n) is 45.0. The summed E-state index contributed by atoms with van der Waals surface area (Å²) in [7, 11) is 0. The van der Waals surface area contributed by atoms with E-state index in [1.54, 1.807) is 5.56 Å². The Kier molecular flexibility index (Phi) is 9.73. The molecule has 0 saturated heterocycles. The third kappa shape index (κ3) is 5.99. The fourth-order valence-corrected chi connectivity index (χ4v) is 15.9. The second-order valence-corrected chi connectivity index (χ2v) is 26.4. The number of hydrogen-bond acceptors (Lipinski definition) is 3. The lowest BCUT2D eigenvalue weighted by Crippen LogP contribution is -2.65. The fourth-order valence-electron chi connectivity index (χ4n) is 15.9. The quantitative estimate of drug-likeness (QED) is 0.163. The minimum Gasteiger partial charge on any atom is -0.335 e. The van der Waals surface area contributed by atoms with Crippen LogP contribution in [0.15, 0.2) is 152 Å². The number of anilines is 7. The topological polar surface area (TPSA) is 9.72 Å². The maximum Gasteiger partial charge on any atom is 0.252 e. The van der Waals surface area contributed by atoms with Gasteiger partial charge in [0.05, 0.1) is 11.1 Å². The van der Waals surface area contributed by atoms with Gasteiger partial charge in [0.25, 0.3) is 6.71 Å². The van der Waals surface area contributed by atoms with Crippen LogP contribution >= 0.6 is 0 Å². The molecule has 4 unspecified atom stereocenters. The molecular weight excluding hydrogens is 870 g/mol. The number of fused-ring (bicyclic) bond motifs is 10.